The van der Waals surface area contributed by atoms with E-state index in [0.717, 1.165) is 0 Å². The molecule has 0 spiro atoms. The van der Waals surface area contributed by atoms with Crippen molar-refractivity contribution in [3.05, 3.63) is 71.4 Å². The van der Waals surface area contributed by atoms with Crippen LogP contribution < -0.4 is 5.32 Å². The first-order valence-corrected chi connectivity index (χ1v) is 8.41. The third-order valence-electron chi connectivity index (χ3n) is 4.28. The second-order valence-electron chi connectivity index (χ2n) is 6.14. The number of carbonyl (C=O) groups excluding carboxylic acids is 2. The van der Waals surface area contributed by atoms with Crippen molar-refractivity contribution in [1.82, 2.24) is 15.3 Å². The number of hydrogen-bond donors (Lipinski definition) is 2. The molecule has 0 unspecified atom stereocenters. The van der Waals surface area contributed by atoms with Crippen molar-refractivity contribution in [2.24, 2.45) is 0 Å². The number of esters is 1. The smallest absolute Gasteiger partial charge is 0.331 e. The maximum atomic E-state index is 13.0. The number of rotatable bonds is 4. The summed E-state index contributed by atoms with van der Waals surface area (Å²) in [6.07, 6.45) is 2.78. The zero-order chi connectivity index (χ0) is 19.7. The summed E-state index contributed by atoms with van der Waals surface area (Å²) >= 11 is 0. The minimum atomic E-state index is -0.624. The van der Waals surface area contributed by atoms with Gasteiger partial charge in [0.25, 0.3) is 5.91 Å². The van der Waals surface area contributed by atoms with E-state index >= 15 is 0 Å². The number of nitrogens with one attached hydrogen (secondary N) is 1. The Kier molecular flexibility index (Phi) is 4.44. The second-order valence-corrected chi connectivity index (χ2v) is 6.14. The molecule has 2 N–H and O–H groups in total. The number of benzene rings is 1. The van der Waals surface area contributed by atoms with Crippen LogP contribution in [-0.4, -0.2) is 33.6 Å². The molecule has 0 saturated carbocycles. The fraction of sp³-hybridized carbons (Fsp3) is 0.100. The predicted octanol–water partition coefficient (Wildman–Crippen LogP) is 2.34. The van der Waals surface area contributed by atoms with Crippen LogP contribution >= 0.6 is 0 Å². The molecule has 3 aromatic rings. The van der Waals surface area contributed by atoms with Crippen LogP contribution in [0.3, 0.4) is 0 Å². The van der Waals surface area contributed by atoms with Gasteiger partial charge < -0.3 is 15.2 Å². The minimum Gasteiger partial charge on any atom is -0.504 e. The van der Waals surface area contributed by atoms with E-state index in [1.165, 1.54) is 24.4 Å². The van der Waals surface area contributed by atoms with Crippen LogP contribution in [0.5, 0.6) is 5.75 Å². The van der Waals surface area contributed by atoms with Crippen molar-refractivity contribution in [2.75, 3.05) is 6.61 Å². The summed E-state index contributed by atoms with van der Waals surface area (Å²) in [4.78, 5) is 32.5. The number of cyclic esters (lactones) is 1. The summed E-state index contributed by atoms with van der Waals surface area (Å²) in [5.41, 5.74) is 1.50. The van der Waals surface area contributed by atoms with Gasteiger partial charge in [-0.2, -0.15) is 0 Å². The largest absolute Gasteiger partial charge is 0.504 e. The van der Waals surface area contributed by atoms with Crippen LogP contribution in [0.1, 0.15) is 21.7 Å². The van der Waals surface area contributed by atoms with Crippen molar-refractivity contribution in [2.45, 2.75) is 6.54 Å². The van der Waals surface area contributed by atoms with Gasteiger partial charge in [0.15, 0.2) is 11.4 Å². The Morgan fingerprint density at radius 3 is 2.75 bits per heavy atom. The number of pyridine rings is 2. The molecular formula is C20H14FN3O4. The van der Waals surface area contributed by atoms with Crippen molar-refractivity contribution < 1.29 is 23.8 Å². The third kappa shape index (κ3) is 3.27. The average Bonchev–Trinajstić information content (AvgIpc) is 3.14. The standard InChI is InChI=1S/C20H14FN3O4/c21-13-5-3-11(4-6-13)9-23-20(27)18-19(26)17-14(2-1-7-22-17)16(24-18)12-8-15(25)28-10-12/h1-8,26H,9-10H2,(H,23,27). The highest BCUT2D eigenvalue weighted by Gasteiger charge is 2.24. The number of carbonyl (C=O) groups is 2. The van der Waals surface area contributed by atoms with Gasteiger partial charge in [0.2, 0.25) is 0 Å². The summed E-state index contributed by atoms with van der Waals surface area (Å²) in [5.74, 6) is -1.85. The normalized spacial score (nSPS) is 13.3. The molecule has 0 aliphatic carbocycles. The molecule has 0 fully saturated rings. The second kappa shape index (κ2) is 7.07. The van der Waals surface area contributed by atoms with E-state index in [0.29, 0.717) is 22.2 Å². The molecular weight excluding hydrogens is 365 g/mol. The molecule has 8 heteroatoms. The fourth-order valence-corrected chi connectivity index (χ4v) is 2.90. The molecule has 28 heavy (non-hydrogen) atoms. The molecule has 0 radical (unpaired) electrons. The van der Waals surface area contributed by atoms with Gasteiger partial charge in [-0.1, -0.05) is 12.1 Å². The molecule has 0 atom stereocenters. The lowest BCUT2D eigenvalue weighted by Gasteiger charge is -2.12. The minimum absolute atomic E-state index is 0.0250. The van der Waals surface area contributed by atoms with Gasteiger partial charge in [-0.05, 0) is 29.8 Å². The maximum absolute atomic E-state index is 13.0. The number of aromatic nitrogens is 2. The first-order chi connectivity index (χ1) is 13.5. The zero-order valence-electron chi connectivity index (χ0n) is 14.5. The first-order valence-electron chi connectivity index (χ1n) is 8.41. The highest BCUT2D eigenvalue weighted by atomic mass is 19.1. The number of nitrogens with zero attached hydrogens (tertiary/aromatic N) is 2. The lowest BCUT2D eigenvalue weighted by atomic mass is 10.1. The molecule has 1 aromatic carbocycles. The van der Waals surface area contributed by atoms with Crippen LogP contribution in [0.2, 0.25) is 0 Å². The van der Waals surface area contributed by atoms with Crippen LogP contribution in [0.25, 0.3) is 16.5 Å². The van der Waals surface area contributed by atoms with Gasteiger partial charge >= 0.3 is 5.97 Å². The van der Waals surface area contributed by atoms with E-state index in [9.17, 15) is 19.1 Å². The van der Waals surface area contributed by atoms with Crippen molar-refractivity contribution in [3.8, 4) is 5.75 Å². The van der Waals surface area contributed by atoms with Crippen molar-refractivity contribution in [1.29, 1.82) is 0 Å². The monoisotopic (exact) mass is 379 g/mol. The highest BCUT2D eigenvalue weighted by Crippen LogP contribution is 2.32. The first kappa shape index (κ1) is 17.6. The SMILES string of the molecule is O=C1C=C(c2nc(C(=O)NCc3ccc(F)cc3)c(O)c3ncccc23)CO1. The molecule has 1 amide bonds. The Balaban J connectivity index is 1.71. The molecule has 7 nitrogen and oxygen atoms in total. The Hall–Kier alpha value is -3.81. The van der Waals surface area contributed by atoms with E-state index in [1.54, 1.807) is 24.3 Å². The molecule has 4 rings (SSSR count). The summed E-state index contributed by atoms with van der Waals surface area (Å²) < 4.78 is 17.9. The summed E-state index contributed by atoms with van der Waals surface area (Å²) in [7, 11) is 0. The van der Waals surface area contributed by atoms with Crippen LogP contribution in [-0.2, 0) is 16.1 Å². The lowest BCUT2D eigenvalue weighted by molar-refractivity contribution is -0.134. The molecule has 1 aliphatic heterocycles. The fourth-order valence-electron chi connectivity index (χ4n) is 2.90. The highest BCUT2D eigenvalue weighted by molar-refractivity contribution is 6.05. The Morgan fingerprint density at radius 2 is 2.04 bits per heavy atom. The molecule has 3 heterocycles. The van der Waals surface area contributed by atoms with Crippen LogP contribution in [0.4, 0.5) is 4.39 Å². The van der Waals surface area contributed by atoms with Gasteiger partial charge in [0, 0.05) is 29.8 Å². The van der Waals surface area contributed by atoms with E-state index in [4.69, 9.17) is 4.74 Å². The number of ether oxygens (including phenoxy) is 1. The number of hydrogen-bond acceptors (Lipinski definition) is 6. The van der Waals surface area contributed by atoms with E-state index in [2.05, 4.69) is 15.3 Å². The quantitative estimate of drug-likeness (QED) is 0.675. The molecule has 1 aliphatic rings. The van der Waals surface area contributed by atoms with Crippen molar-refractivity contribution in [3.63, 3.8) is 0 Å². The summed E-state index contributed by atoms with van der Waals surface area (Å²) in [6, 6.07) is 9.02. The molecule has 2 aromatic heterocycles. The van der Waals surface area contributed by atoms with Crippen molar-refractivity contribution >= 4 is 28.4 Å². The topological polar surface area (TPSA) is 101 Å². The van der Waals surface area contributed by atoms with E-state index in [-0.39, 0.29) is 35.9 Å². The number of fused-ring (bicyclic) bond motifs is 1. The van der Waals surface area contributed by atoms with E-state index < -0.39 is 11.9 Å². The van der Waals surface area contributed by atoms with Crippen LogP contribution in [0, 0.1) is 5.82 Å². The average molecular weight is 379 g/mol. The van der Waals surface area contributed by atoms with Gasteiger partial charge in [-0.3, -0.25) is 9.78 Å². The molecule has 0 bridgehead atoms. The number of halogens is 1. The van der Waals surface area contributed by atoms with Gasteiger partial charge in [0.05, 0.1) is 5.69 Å². The summed E-state index contributed by atoms with van der Waals surface area (Å²) in [5, 5.41) is 13.7. The summed E-state index contributed by atoms with van der Waals surface area (Å²) in [6.45, 7) is 0.150. The molecule has 140 valence electrons. The maximum Gasteiger partial charge on any atom is 0.331 e. The Morgan fingerprint density at radius 1 is 1.25 bits per heavy atom. The van der Waals surface area contributed by atoms with Crippen LogP contribution in [0.15, 0.2) is 48.7 Å². The zero-order valence-corrected chi connectivity index (χ0v) is 14.5. The lowest BCUT2D eigenvalue weighted by Crippen LogP contribution is -2.24. The van der Waals surface area contributed by atoms with Gasteiger partial charge in [-0.25, -0.2) is 14.2 Å². The molecule has 0 saturated heterocycles. The van der Waals surface area contributed by atoms with Gasteiger partial charge in [-0.15, -0.1) is 0 Å². The Bertz CT molecular complexity index is 1130. The predicted molar refractivity (Wildman–Crippen MR) is 97.7 cm³/mol. The van der Waals surface area contributed by atoms with Gasteiger partial charge in [0.1, 0.15) is 17.9 Å². The Labute approximate surface area is 158 Å². The number of aromatic hydroxyl groups is 1. The third-order valence-corrected chi connectivity index (χ3v) is 4.28. The van der Waals surface area contributed by atoms with E-state index in [1.807, 2.05) is 0 Å². The number of amides is 1.